The number of likely N-dealkylation sites (tertiary alicyclic amines) is 1. The third kappa shape index (κ3) is 4.49. The van der Waals surface area contributed by atoms with E-state index in [1.54, 1.807) is 0 Å². The van der Waals surface area contributed by atoms with Crippen molar-refractivity contribution >= 4 is 5.91 Å². The van der Waals surface area contributed by atoms with Crippen LogP contribution in [0.4, 0.5) is 0 Å². The van der Waals surface area contributed by atoms with Crippen molar-refractivity contribution < 1.29 is 14.1 Å². The maximum atomic E-state index is 12.5. The molecule has 0 bridgehead atoms. The molecule has 0 radical (unpaired) electrons. The second kappa shape index (κ2) is 7.99. The van der Waals surface area contributed by atoms with Crippen molar-refractivity contribution in [3.8, 4) is 0 Å². The van der Waals surface area contributed by atoms with Crippen molar-refractivity contribution in [3.63, 3.8) is 0 Å². The molecule has 2 aromatic rings. The lowest BCUT2D eigenvalue weighted by Crippen LogP contribution is -2.43. The normalized spacial score (nSPS) is 20.3. The first-order valence-corrected chi connectivity index (χ1v) is 9.54. The Morgan fingerprint density at radius 3 is 2.88 bits per heavy atom. The number of aromatic nitrogens is 2. The van der Waals surface area contributed by atoms with Crippen LogP contribution in [0.5, 0.6) is 0 Å². The minimum atomic E-state index is 0.0423. The average Bonchev–Trinajstić information content (AvgIpc) is 3.44. The third-order valence-electron chi connectivity index (χ3n) is 5.07. The van der Waals surface area contributed by atoms with Crippen molar-refractivity contribution in [1.82, 2.24) is 15.0 Å². The molecular formula is C20H25N3O3. The van der Waals surface area contributed by atoms with E-state index in [9.17, 15) is 4.79 Å². The van der Waals surface area contributed by atoms with E-state index in [0.29, 0.717) is 31.4 Å². The maximum Gasteiger partial charge on any atom is 0.252 e. The second-order valence-corrected chi connectivity index (χ2v) is 7.22. The van der Waals surface area contributed by atoms with Crippen molar-refractivity contribution in [1.29, 1.82) is 0 Å². The summed E-state index contributed by atoms with van der Waals surface area (Å²) in [6.07, 6.45) is 5.62. The van der Waals surface area contributed by atoms with Gasteiger partial charge in [-0.2, -0.15) is 4.98 Å². The fourth-order valence-electron chi connectivity index (χ4n) is 3.38. The molecule has 26 heavy (non-hydrogen) atoms. The summed E-state index contributed by atoms with van der Waals surface area (Å²) in [5.41, 5.74) is 1.20. The quantitative estimate of drug-likeness (QED) is 0.763. The summed E-state index contributed by atoms with van der Waals surface area (Å²) in [4.78, 5) is 18.8. The van der Waals surface area contributed by atoms with Crippen LogP contribution in [-0.4, -0.2) is 40.1 Å². The van der Waals surface area contributed by atoms with E-state index in [4.69, 9.17) is 9.26 Å². The summed E-state index contributed by atoms with van der Waals surface area (Å²) in [5, 5.41) is 4.01. The van der Waals surface area contributed by atoms with Crippen molar-refractivity contribution in [2.75, 3.05) is 13.1 Å². The minimum absolute atomic E-state index is 0.0423. The number of piperidine rings is 1. The van der Waals surface area contributed by atoms with Gasteiger partial charge in [-0.3, -0.25) is 4.79 Å². The molecule has 138 valence electrons. The summed E-state index contributed by atoms with van der Waals surface area (Å²) < 4.78 is 11.2. The standard InChI is InChI=1S/C20H25N3O3/c24-19(11-8-15-5-2-1-3-6-15)23-12-4-7-17(13-23)25-14-18-21-20(22-26-18)16-9-10-16/h1-3,5-6,16-17H,4,7-14H2. The fourth-order valence-corrected chi connectivity index (χ4v) is 3.38. The smallest absolute Gasteiger partial charge is 0.252 e. The Hall–Kier alpha value is -2.21. The monoisotopic (exact) mass is 355 g/mol. The molecule has 1 aromatic carbocycles. The molecule has 1 unspecified atom stereocenters. The Labute approximate surface area is 153 Å². The van der Waals surface area contributed by atoms with Crippen LogP contribution in [0.15, 0.2) is 34.9 Å². The Bertz CT molecular complexity index is 727. The molecule has 1 amide bonds. The van der Waals surface area contributed by atoms with E-state index in [1.807, 2.05) is 23.1 Å². The molecule has 6 heteroatoms. The lowest BCUT2D eigenvalue weighted by atomic mass is 10.1. The van der Waals surface area contributed by atoms with Gasteiger partial charge in [-0.15, -0.1) is 0 Å². The molecule has 1 aliphatic heterocycles. The predicted octanol–water partition coefficient (Wildman–Crippen LogP) is 3.09. The van der Waals surface area contributed by atoms with E-state index in [-0.39, 0.29) is 12.0 Å². The van der Waals surface area contributed by atoms with Gasteiger partial charge in [0.2, 0.25) is 5.91 Å². The molecule has 6 nitrogen and oxygen atoms in total. The highest BCUT2D eigenvalue weighted by atomic mass is 16.5. The van der Waals surface area contributed by atoms with Gasteiger partial charge in [0, 0.05) is 25.4 Å². The molecule has 0 spiro atoms. The van der Waals surface area contributed by atoms with Gasteiger partial charge in [-0.1, -0.05) is 35.5 Å². The van der Waals surface area contributed by atoms with Crippen LogP contribution in [0.2, 0.25) is 0 Å². The highest BCUT2D eigenvalue weighted by Gasteiger charge is 2.29. The second-order valence-electron chi connectivity index (χ2n) is 7.22. The molecule has 1 aromatic heterocycles. The number of hydrogen-bond donors (Lipinski definition) is 0. The van der Waals surface area contributed by atoms with Crippen molar-refractivity contribution in [2.45, 2.75) is 57.2 Å². The molecule has 2 heterocycles. The summed E-state index contributed by atoms with van der Waals surface area (Å²) in [6, 6.07) is 10.1. The highest BCUT2D eigenvalue weighted by molar-refractivity contribution is 5.76. The molecule has 1 saturated heterocycles. The van der Waals surface area contributed by atoms with E-state index >= 15 is 0 Å². The summed E-state index contributed by atoms with van der Waals surface area (Å²) in [5.74, 6) is 2.04. The number of hydrogen-bond acceptors (Lipinski definition) is 5. The fraction of sp³-hybridized carbons (Fsp3) is 0.550. The molecule has 2 fully saturated rings. The zero-order valence-electron chi connectivity index (χ0n) is 15.0. The number of aryl methyl sites for hydroxylation is 1. The van der Waals surface area contributed by atoms with E-state index < -0.39 is 0 Å². The molecule has 1 aliphatic carbocycles. The van der Waals surface area contributed by atoms with Gasteiger partial charge in [0.25, 0.3) is 5.89 Å². The number of benzene rings is 1. The Balaban J connectivity index is 1.23. The van der Waals surface area contributed by atoms with E-state index in [2.05, 4.69) is 22.3 Å². The SMILES string of the molecule is O=C(CCc1ccccc1)N1CCCC(OCc2nc(C3CC3)no2)C1. The zero-order valence-corrected chi connectivity index (χ0v) is 15.0. The van der Waals surface area contributed by atoms with Crippen molar-refractivity contribution in [3.05, 3.63) is 47.6 Å². The van der Waals surface area contributed by atoms with Gasteiger partial charge in [-0.25, -0.2) is 0 Å². The maximum absolute atomic E-state index is 12.5. The molecule has 0 N–H and O–H groups in total. The first-order chi connectivity index (χ1) is 12.8. The van der Waals surface area contributed by atoms with Gasteiger partial charge >= 0.3 is 0 Å². The Morgan fingerprint density at radius 1 is 1.23 bits per heavy atom. The van der Waals surface area contributed by atoms with Crippen LogP contribution in [0.3, 0.4) is 0 Å². The van der Waals surface area contributed by atoms with Crippen LogP contribution >= 0.6 is 0 Å². The average molecular weight is 355 g/mol. The number of nitrogens with zero attached hydrogens (tertiary/aromatic N) is 3. The summed E-state index contributed by atoms with van der Waals surface area (Å²) in [6.45, 7) is 1.80. The van der Waals surface area contributed by atoms with Crippen LogP contribution in [0.25, 0.3) is 0 Å². The summed E-state index contributed by atoms with van der Waals surface area (Å²) in [7, 11) is 0. The lowest BCUT2D eigenvalue weighted by molar-refractivity contribution is -0.135. The van der Waals surface area contributed by atoms with Crippen LogP contribution in [0, 0.1) is 0 Å². The van der Waals surface area contributed by atoms with Gasteiger partial charge in [0.1, 0.15) is 6.61 Å². The predicted molar refractivity (Wildman–Crippen MR) is 95.4 cm³/mol. The molecule has 1 saturated carbocycles. The van der Waals surface area contributed by atoms with Gasteiger partial charge in [0.15, 0.2) is 5.82 Å². The van der Waals surface area contributed by atoms with Gasteiger partial charge in [0.05, 0.1) is 6.10 Å². The number of carbonyl (C=O) groups excluding carboxylic acids is 1. The number of amides is 1. The lowest BCUT2D eigenvalue weighted by Gasteiger charge is -2.32. The molecule has 2 aliphatic rings. The van der Waals surface area contributed by atoms with Crippen LogP contribution < -0.4 is 0 Å². The zero-order chi connectivity index (χ0) is 17.8. The van der Waals surface area contributed by atoms with E-state index in [0.717, 1.165) is 44.5 Å². The minimum Gasteiger partial charge on any atom is -0.367 e. The first kappa shape index (κ1) is 17.2. The van der Waals surface area contributed by atoms with Gasteiger partial charge < -0.3 is 14.2 Å². The highest BCUT2D eigenvalue weighted by Crippen LogP contribution is 2.38. The first-order valence-electron chi connectivity index (χ1n) is 9.54. The Morgan fingerprint density at radius 2 is 2.08 bits per heavy atom. The van der Waals surface area contributed by atoms with Crippen LogP contribution in [0.1, 0.15) is 55.3 Å². The molecule has 4 rings (SSSR count). The molecular weight excluding hydrogens is 330 g/mol. The number of rotatable bonds is 7. The number of ether oxygens (including phenoxy) is 1. The van der Waals surface area contributed by atoms with Crippen LogP contribution in [-0.2, 0) is 22.6 Å². The van der Waals surface area contributed by atoms with E-state index in [1.165, 1.54) is 5.56 Å². The molecule has 1 atom stereocenters. The third-order valence-corrected chi connectivity index (χ3v) is 5.07. The largest absolute Gasteiger partial charge is 0.367 e. The number of carbonyl (C=O) groups is 1. The topological polar surface area (TPSA) is 68.5 Å². The Kier molecular flexibility index (Phi) is 5.29. The van der Waals surface area contributed by atoms with Gasteiger partial charge in [-0.05, 0) is 37.7 Å². The van der Waals surface area contributed by atoms with Crippen molar-refractivity contribution in [2.24, 2.45) is 0 Å². The summed E-state index contributed by atoms with van der Waals surface area (Å²) >= 11 is 0.